The molecule has 2 N–H and O–H groups in total. The highest BCUT2D eigenvalue weighted by molar-refractivity contribution is 5.89. The van der Waals surface area contributed by atoms with Crippen LogP contribution in [-0.2, 0) is 0 Å². The summed E-state index contributed by atoms with van der Waals surface area (Å²) < 4.78 is 5.66. The molecular formula is C19H24N4O. The van der Waals surface area contributed by atoms with Crippen molar-refractivity contribution in [2.75, 3.05) is 18.2 Å². The van der Waals surface area contributed by atoms with Gasteiger partial charge in [-0.1, -0.05) is 13.0 Å². The SMILES string of the molecule is CCCOc1ccc(N2N=C(CCN)CC2c2cccnc2)cc1. The molecule has 1 aliphatic rings. The predicted octanol–water partition coefficient (Wildman–Crippen LogP) is 3.53. The van der Waals surface area contributed by atoms with E-state index in [2.05, 4.69) is 35.1 Å². The highest BCUT2D eigenvalue weighted by Gasteiger charge is 2.28. The normalized spacial score (nSPS) is 17.0. The second-order valence-corrected chi connectivity index (χ2v) is 5.90. The van der Waals surface area contributed by atoms with Crippen LogP contribution >= 0.6 is 0 Å². The Morgan fingerprint density at radius 3 is 2.75 bits per heavy atom. The van der Waals surface area contributed by atoms with Gasteiger partial charge in [-0.2, -0.15) is 5.10 Å². The molecule has 1 unspecified atom stereocenters. The van der Waals surface area contributed by atoms with E-state index in [9.17, 15) is 0 Å². The monoisotopic (exact) mass is 324 g/mol. The Balaban J connectivity index is 1.84. The molecule has 1 aromatic carbocycles. The second kappa shape index (κ2) is 7.93. The number of anilines is 1. The Labute approximate surface area is 143 Å². The van der Waals surface area contributed by atoms with E-state index in [1.807, 2.05) is 24.4 Å². The number of nitrogens with zero attached hydrogens (tertiary/aromatic N) is 3. The van der Waals surface area contributed by atoms with Crippen LogP contribution in [0.2, 0.25) is 0 Å². The van der Waals surface area contributed by atoms with Crippen molar-refractivity contribution in [2.45, 2.75) is 32.2 Å². The number of hydrogen-bond acceptors (Lipinski definition) is 5. The Morgan fingerprint density at radius 1 is 1.25 bits per heavy atom. The van der Waals surface area contributed by atoms with Crippen molar-refractivity contribution < 1.29 is 4.74 Å². The molecule has 0 aliphatic carbocycles. The number of pyridine rings is 1. The summed E-state index contributed by atoms with van der Waals surface area (Å²) >= 11 is 0. The van der Waals surface area contributed by atoms with Gasteiger partial charge in [0.25, 0.3) is 0 Å². The van der Waals surface area contributed by atoms with Crippen molar-refractivity contribution >= 4 is 11.4 Å². The third kappa shape index (κ3) is 3.74. The molecule has 5 heteroatoms. The Bertz CT molecular complexity index is 670. The number of aromatic nitrogens is 1. The molecule has 0 amide bonds. The van der Waals surface area contributed by atoms with Crippen molar-refractivity contribution in [2.24, 2.45) is 10.8 Å². The van der Waals surface area contributed by atoms with Crippen LogP contribution in [0.4, 0.5) is 5.69 Å². The number of ether oxygens (including phenoxy) is 1. The molecule has 2 heterocycles. The second-order valence-electron chi connectivity index (χ2n) is 5.90. The van der Waals surface area contributed by atoms with E-state index in [1.165, 1.54) is 5.56 Å². The lowest BCUT2D eigenvalue weighted by Gasteiger charge is -2.24. The molecule has 3 rings (SSSR count). The summed E-state index contributed by atoms with van der Waals surface area (Å²) in [6, 6.07) is 12.4. The van der Waals surface area contributed by atoms with Gasteiger partial charge >= 0.3 is 0 Å². The number of rotatable bonds is 7. The van der Waals surface area contributed by atoms with E-state index in [0.717, 1.165) is 43.0 Å². The molecule has 126 valence electrons. The largest absolute Gasteiger partial charge is 0.494 e. The van der Waals surface area contributed by atoms with Crippen LogP contribution in [0.25, 0.3) is 0 Å². The maximum absolute atomic E-state index is 5.71. The smallest absolute Gasteiger partial charge is 0.119 e. The van der Waals surface area contributed by atoms with Gasteiger partial charge in [-0.05, 0) is 55.3 Å². The molecule has 0 saturated carbocycles. The average Bonchev–Trinajstić information content (AvgIpc) is 3.05. The van der Waals surface area contributed by atoms with Gasteiger partial charge < -0.3 is 10.5 Å². The van der Waals surface area contributed by atoms with E-state index in [-0.39, 0.29) is 6.04 Å². The van der Waals surface area contributed by atoms with Crippen LogP contribution in [0.15, 0.2) is 53.9 Å². The van der Waals surface area contributed by atoms with E-state index in [0.29, 0.717) is 6.54 Å². The zero-order chi connectivity index (χ0) is 16.8. The van der Waals surface area contributed by atoms with E-state index in [4.69, 9.17) is 15.6 Å². The molecule has 0 radical (unpaired) electrons. The predicted molar refractivity (Wildman–Crippen MR) is 97.4 cm³/mol. The van der Waals surface area contributed by atoms with Gasteiger partial charge in [0.15, 0.2) is 0 Å². The summed E-state index contributed by atoms with van der Waals surface area (Å²) in [7, 11) is 0. The van der Waals surface area contributed by atoms with Crippen molar-refractivity contribution in [3.8, 4) is 5.75 Å². The van der Waals surface area contributed by atoms with Crippen LogP contribution in [0.3, 0.4) is 0 Å². The van der Waals surface area contributed by atoms with Gasteiger partial charge in [0.05, 0.1) is 18.3 Å². The molecule has 24 heavy (non-hydrogen) atoms. The van der Waals surface area contributed by atoms with Gasteiger partial charge in [0.1, 0.15) is 5.75 Å². The van der Waals surface area contributed by atoms with Crippen molar-refractivity contribution in [1.29, 1.82) is 0 Å². The molecule has 5 nitrogen and oxygen atoms in total. The van der Waals surface area contributed by atoms with Gasteiger partial charge in [0, 0.05) is 24.5 Å². The number of benzene rings is 1. The molecule has 2 aromatic rings. The van der Waals surface area contributed by atoms with E-state index >= 15 is 0 Å². The summed E-state index contributed by atoms with van der Waals surface area (Å²) in [5.41, 5.74) is 9.07. The van der Waals surface area contributed by atoms with Crippen LogP contribution < -0.4 is 15.5 Å². The Kier molecular flexibility index (Phi) is 5.43. The summed E-state index contributed by atoms with van der Waals surface area (Å²) in [6.07, 6.45) is 6.42. The summed E-state index contributed by atoms with van der Waals surface area (Å²) in [5.74, 6) is 0.892. The minimum absolute atomic E-state index is 0.169. The molecule has 0 spiro atoms. The van der Waals surface area contributed by atoms with Gasteiger partial charge in [0.2, 0.25) is 0 Å². The van der Waals surface area contributed by atoms with E-state index < -0.39 is 0 Å². The molecule has 1 atom stereocenters. The minimum Gasteiger partial charge on any atom is -0.494 e. The lowest BCUT2D eigenvalue weighted by molar-refractivity contribution is 0.317. The Morgan fingerprint density at radius 2 is 2.08 bits per heavy atom. The molecule has 0 saturated heterocycles. The van der Waals surface area contributed by atoms with Gasteiger partial charge in [-0.3, -0.25) is 9.99 Å². The van der Waals surface area contributed by atoms with Crippen molar-refractivity contribution in [3.63, 3.8) is 0 Å². The topological polar surface area (TPSA) is 63.7 Å². The Hall–Kier alpha value is -2.40. The van der Waals surface area contributed by atoms with Crippen molar-refractivity contribution in [3.05, 3.63) is 54.4 Å². The van der Waals surface area contributed by atoms with Crippen LogP contribution in [-0.4, -0.2) is 23.8 Å². The summed E-state index contributed by atoms with van der Waals surface area (Å²) in [4.78, 5) is 4.25. The van der Waals surface area contributed by atoms with Crippen LogP contribution in [0.5, 0.6) is 5.75 Å². The zero-order valence-electron chi connectivity index (χ0n) is 14.1. The molecule has 1 aliphatic heterocycles. The lowest BCUT2D eigenvalue weighted by Crippen LogP contribution is -2.18. The first-order valence-electron chi connectivity index (χ1n) is 8.50. The summed E-state index contributed by atoms with van der Waals surface area (Å²) in [6.45, 7) is 3.46. The van der Waals surface area contributed by atoms with Crippen LogP contribution in [0.1, 0.15) is 37.8 Å². The van der Waals surface area contributed by atoms with Gasteiger partial charge in [-0.15, -0.1) is 0 Å². The summed E-state index contributed by atoms with van der Waals surface area (Å²) in [5, 5.41) is 6.87. The highest BCUT2D eigenvalue weighted by atomic mass is 16.5. The molecule has 0 bridgehead atoms. The van der Waals surface area contributed by atoms with Crippen molar-refractivity contribution in [1.82, 2.24) is 4.98 Å². The fraction of sp³-hybridized carbons (Fsp3) is 0.368. The number of hydrogen-bond donors (Lipinski definition) is 1. The molecular weight excluding hydrogens is 300 g/mol. The first-order valence-corrected chi connectivity index (χ1v) is 8.50. The third-order valence-electron chi connectivity index (χ3n) is 4.05. The highest BCUT2D eigenvalue weighted by Crippen LogP contribution is 2.36. The van der Waals surface area contributed by atoms with E-state index in [1.54, 1.807) is 6.20 Å². The molecule has 1 aromatic heterocycles. The fourth-order valence-corrected chi connectivity index (χ4v) is 2.88. The first kappa shape index (κ1) is 16.5. The number of hydrazone groups is 1. The first-order chi connectivity index (χ1) is 11.8. The van der Waals surface area contributed by atoms with Crippen LogP contribution in [0, 0.1) is 0 Å². The molecule has 0 fully saturated rings. The average molecular weight is 324 g/mol. The fourth-order valence-electron chi connectivity index (χ4n) is 2.88. The minimum atomic E-state index is 0.169. The standard InChI is InChI=1S/C19H24N4O/c1-2-12-24-18-7-5-17(6-8-18)23-19(13-16(22-23)9-10-20)15-4-3-11-21-14-15/h3-8,11,14,19H,2,9-10,12-13,20H2,1H3. The number of nitrogens with two attached hydrogens (primary N) is 1. The maximum Gasteiger partial charge on any atom is 0.119 e. The lowest BCUT2D eigenvalue weighted by atomic mass is 10.0. The third-order valence-corrected chi connectivity index (χ3v) is 4.05. The zero-order valence-corrected chi connectivity index (χ0v) is 14.1. The quantitative estimate of drug-likeness (QED) is 0.846. The maximum atomic E-state index is 5.71. The van der Waals surface area contributed by atoms with Gasteiger partial charge in [-0.25, -0.2) is 0 Å².